The molecule has 2 heterocycles. The van der Waals surface area contributed by atoms with E-state index in [2.05, 4.69) is 18.8 Å². The van der Waals surface area contributed by atoms with Crippen molar-refractivity contribution >= 4 is 18.0 Å². The summed E-state index contributed by atoms with van der Waals surface area (Å²) in [5, 5.41) is 8.64. The standard InChI is InChI=1S/C16H20N2O3/c1-11-4-3-5-12(2)18(11)16(21)14-8-13(9-17-10-14)6-7-15(19)20/h6-12H,3-5H2,1-2H3,(H,19,20)/b7-6+/t11-,12+. The van der Waals surface area contributed by atoms with Crippen LogP contribution in [-0.4, -0.2) is 39.0 Å². The first-order valence-electron chi connectivity index (χ1n) is 7.17. The van der Waals surface area contributed by atoms with Gasteiger partial charge >= 0.3 is 5.97 Å². The molecule has 0 spiro atoms. The predicted octanol–water partition coefficient (Wildman–Crippen LogP) is 2.58. The van der Waals surface area contributed by atoms with Gasteiger partial charge in [-0.1, -0.05) is 0 Å². The summed E-state index contributed by atoms with van der Waals surface area (Å²) in [5.74, 6) is -1.06. The minimum atomic E-state index is -1.02. The first-order valence-corrected chi connectivity index (χ1v) is 7.17. The van der Waals surface area contributed by atoms with Crippen LogP contribution in [0.4, 0.5) is 0 Å². The van der Waals surface area contributed by atoms with Crippen molar-refractivity contribution in [2.24, 2.45) is 0 Å². The number of likely N-dealkylation sites (tertiary alicyclic amines) is 1. The topological polar surface area (TPSA) is 70.5 Å². The molecular weight excluding hydrogens is 268 g/mol. The maximum absolute atomic E-state index is 12.7. The molecule has 0 bridgehead atoms. The molecule has 1 N–H and O–H groups in total. The molecule has 1 aliphatic rings. The molecular formula is C16H20N2O3. The SMILES string of the molecule is C[C@@H]1CCC[C@H](C)N1C(=O)c1cncc(/C=C/C(=O)O)c1. The quantitative estimate of drug-likeness (QED) is 0.868. The number of hydrogen-bond donors (Lipinski definition) is 1. The van der Waals surface area contributed by atoms with Crippen molar-refractivity contribution in [3.63, 3.8) is 0 Å². The van der Waals surface area contributed by atoms with E-state index < -0.39 is 5.97 Å². The third-order valence-electron chi connectivity index (χ3n) is 3.85. The number of rotatable bonds is 3. The Morgan fingerprint density at radius 1 is 1.29 bits per heavy atom. The highest BCUT2D eigenvalue weighted by atomic mass is 16.4. The molecule has 112 valence electrons. The van der Waals surface area contributed by atoms with Crippen molar-refractivity contribution in [2.45, 2.75) is 45.2 Å². The van der Waals surface area contributed by atoms with Crippen molar-refractivity contribution in [1.82, 2.24) is 9.88 Å². The highest BCUT2D eigenvalue weighted by molar-refractivity contribution is 5.95. The number of pyridine rings is 1. The maximum atomic E-state index is 12.7. The number of carboxylic acid groups (broad SMARTS) is 1. The van der Waals surface area contributed by atoms with Crippen LogP contribution in [0.5, 0.6) is 0 Å². The lowest BCUT2D eigenvalue weighted by molar-refractivity contribution is -0.131. The summed E-state index contributed by atoms with van der Waals surface area (Å²) in [6, 6.07) is 2.13. The smallest absolute Gasteiger partial charge is 0.328 e. The summed E-state index contributed by atoms with van der Waals surface area (Å²) in [4.78, 5) is 29.1. The zero-order chi connectivity index (χ0) is 15.4. The van der Waals surface area contributed by atoms with Crippen molar-refractivity contribution in [2.75, 3.05) is 0 Å². The minimum Gasteiger partial charge on any atom is -0.478 e. The number of aliphatic carboxylic acids is 1. The monoisotopic (exact) mass is 288 g/mol. The Hall–Kier alpha value is -2.17. The normalized spacial score (nSPS) is 22.5. The summed E-state index contributed by atoms with van der Waals surface area (Å²) >= 11 is 0. The molecule has 0 radical (unpaired) electrons. The second-order valence-electron chi connectivity index (χ2n) is 5.52. The van der Waals surface area contributed by atoms with Gasteiger partial charge in [-0.3, -0.25) is 9.78 Å². The Labute approximate surface area is 124 Å². The number of hydrogen-bond acceptors (Lipinski definition) is 3. The molecule has 2 atom stereocenters. The fraction of sp³-hybridized carbons (Fsp3) is 0.438. The number of nitrogens with zero attached hydrogens (tertiary/aromatic N) is 2. The van der Waals surface area contributed by atoms with E-state index in [9.17, 15) is 9.59 Å². The molecule has 0 aliphatic carbocycles. The summed E-state index contributed by atoms with van der Waals surface area (Å²) < 4.78 is 0. The van der Waals surface area contributed by atoms with E-state index in [1.807, 2.05) is 4.90 Å². The van der Waals surface area contributed by atoms with Gasteiger partial charge in [-0.2, -0.15) is 0 Å². The van der Waals surface area contributed by atoms with Gasteiger partial charge in [0.05, 0.1) is 5.56 Å². The van der Waals surface area contributed by atoms with Gasteiger partial charge in [-0.05, 0) is 50.8 Å². The minimum absolute atomic E-state index is 0.0345. The average Bonchev–Trinajstić information content (AvgIpc) is 2.45. The first kappa shape index (κ1) is 15.2. The highest BCUT2D eigenvalue weighted by Crippen LogP contribution is 2.24. The van der Waals surface area contributed by atoms with E-state index in [0.717, 1.165) is 25.3 Å². The number of carbonyl (C=O) groups is 2. The molecule has 5 heteroatoms. The largest absolute Gasteiger partial charge is 0.478 e. The summed E-state index contributed by atoms with van der Waals surface area (Å²) in [5.41, 5.74) is 1.11. The van der Waals surface area contributed by atoms with Crippen LogP contribution in [0, 0.1) is 0 Å². The van der Waals surface area contributed by atoms with Crippen LogP contribution in [0.3, 0.4) is 0 Å². The van der Waals surface area contributed by atoms with E-state index >= 15 is 0 Å². The van der Waals surface area contributed by atoms with Gasteiger partial charge in [0, 0.05) is 30.6 Å². The Kier molecular flexibility index (Phi) is 4.73. The molecule has 5 nitrogen and oxygen atoms in total. The molecule has 1 aromatic rings. The molecule has 1 fully saturated rings. The fourth-order valence-electron chi connectivity index (χ4n) is 2.80. The zero-order valence-corrected chi connectivity index (χ0v) is 12.3. The van der Waals surface area contributed by atoms with E-state index in [1.54, 1.807) is 12.3 Å². The van der Waals surface area contributed by atoms with Gasteiger partial charge in [0.25, 0.3) is 5.91 Å². The van der Waals surface area contributed by atoms with Crippen molar-refractivity contribution in [3.8, 4) is 0 Å². The van der Waals surface area contributed by atoms with Crippen molar-refractivity contribution in [1.29, 1.82) is 0 Å². The van der Waals surface area contributed by atoms with Gasteiger partial charge in [-0.15, -0.1) is 0 Å². The maximum Gasteiger partial charge on any atom is 0.328 e. The lowest BCUT2D eigenvalue weighted by atomic mass is 9.96. The molecule has 2 rings (SSSR count). The van der Waals surface area contributed by atoms with E-state index in [4.69, 9.17) is 5.11 Å². The van der Waals surface area contributed by atoms with Crippen molar-refractivity contribution in [3.05, 3.63) is 35.7 Å². The van der Waals surface area contributed by atoms with Crippen LogP contribution in [0.1, 0.15) is 49.0 Å². The second-order valence-corrected chi connectivity index (χ2v) is 5.52. The fourth-order valence-corrected chi connectivity index (χ4v) is 2.80. The lowest BCUT2D eigenvalue weighted by Crippen LogP contribution is -2.47. The Morgan fingerprint density at radius 3 is 2.57 bits per heavy atom. The molecule has 0 saturated carbocycles. The Morgan fingerprint density at radius 2 is 1.95 bits per heavy atom. The van der Waals surface area contributed by atoms with Gasteiger partial charge in [0.1, 0.15) is 0 Å². The van der Waals surface area contributed by atoms with E-state index in [0.29, 0.717) is 11.1 Å². The summed E-state index contributed by atoms with van der Waals surface area (Å²) in [7, 11) is 0. The Balaban J connectivity index is 2.22. The van der Waals surface area contributed by atoms with Crippen LogP contribution in [-0.2, 0) is 4.79 Å². The van der Waals surface area contributed by atoms with Crippen LogP contribution < -0.4 is 0 Å². The lowest BCUT2D eigenvalue weighted by Gasteiger charge is -2.39. The average molecular weight is 288 g/mol. The zero-order valence-electron chi connectivity index (χ0n) is 12.3. The van der Waals surface area contributed by atoms with Crippen molar-refractivity contribution < 1.29 is 14.7 Å². The van der Waals surface area contributed by atoms with Crippen LogP contribution in [0.2, 0.25) is 0 Å². The third kappa shape index (κ3) is 3.68. The summed E-state index contributed by atoms with van der Waals surface area (Å²) in [6.45, 7) is 4.13. The van der Waals surface area contributed by atoms with Gasteiger partial charge in [0.2, 0.25) is 0 Å². The first-order chi connectivity index (χ1) is 9.99. The predicted molar refractivity (Wildman–Crippen MR) is 79.9 cm³/mol. The van der Waals surface area contributed by atoms with Gasteiger partial charge < -0.3 is 10.0 Å². The van der Waals surface area contributed by atoms with Gasteiger partial charge in [-0.25, -0.2) is 4.79 Å². The van der Waals surface area contributed by atoms with E-state index in [1.165, 1.54) is 12.3 Å². The molecule has 0 aromatic carbocycles. The number of piperidine rings is 1. The van der Waals surface area contributed by atoms with Crippen LogP contribution >= 0.6 is 0 Å². The van der Waals surface area contributed by atoms with Crippen LogP contribution in [0.25, 0.3) is 6.08 Å². The third-order valence-corrected chi connectivity index (χ3v) is 3.85. The Bertz CT molecular complexity index is 558. The van der Waals surface area contributed by atoms with Gasteiger partial charge in [0.15, 0.2) is 0 Å². The number of aromatic nitrogens is 1. The number of carboxylic acids is 1. The van der Waals surface area contributed by atoms with Crippen LogP contribution in [0.15, 0.2) is 24.5 Å². The molecule has 1 aliphatic heterocycles. The molecule has 21 heavy (non-hydrogen) atoms. The number of carbonyl (C=O) groups excluding carboxylic acids is 1. The second kappa shape index (κ2) is 6.52. The molecule has 1 amide bonds. The molecule has 1 aromatic heterocycles. The molecule has 0 unspecified atom stereocenters. The molecule has 1 saturated heterocycles. The van der Waals surface area contributed by atoms with E-state index in [-0.39, 0.29) is 18.0 Å². The number of amides is 1. The highest BCUT2D eigenvalue weighted by Gasteiger charge is 2.29. The summed E-state index contributed by atoms with van der Waals surface area (Å²) in [6.07, 6.45) is 8.73.